The Labute approximate surface area is 95.4 Å². The van der Waals surface area contributed by atoms with Gasteiger partial charge in [0.05, 0.1) is 12.0 Å². The molecule has 0 spiro atoms. The molecule has 3 heteroatoms. The molecule has 1 aliphatic carbocycles. The van der Waals surface area contributed by atoms with Gasteiger partial charge in [-0.3, -0.25) is 4.79 Å². The van der Waals surface area contributed by atoms with Crippen molar-refractivity contribution in [1.82, 2.24) is 10.2 Å². The predicted octanol–water partition coefficient (Wildman–Crippen LogP) is 0.756. The standard InChI is InChI=1S/C13H16N2O/c1-15(10-7-14-8-10)13(16)12-6-9-4-2-3-5-11(9)12/h2-5,10,12,14H,6-8H2,1H3. The molecule has 0 bridgehead atoms. The summed E-state index contributed by atoms with van der Waals surface area (Å²) in [6.07, 6.45) is 0.916. The average molecular weight is 216 g/mol. The Balaban J connectivity index is 1.73. The number of benzene rings is 1. The molecular weight excluding hydrogens is 200 g/mol. The van der Waals surface area contributed by atoms with E-state index in [-0.39, 0.29) is 11.8 Å². The Hall–Kier alpha value is -1.35. The summed E-state index contributed by atoms with van der Waals surface area (Å²) in [7, 11) is 1.93. The zero-order valence-electron chi connectivity index (χ0n) is 9.44. The summed E-state index contributed by atoms with van der Waals surface area (Å²) in [6, 6.07) is 8.65. The van der Waals surface area contributed by atoms with Gasteiger partial charge in [0.2, 0.25) is 5.91 Å². The molecule has 1 saturated heterocycles. The number of carbonyl (C=O) groups excluding carboxylic acids is 1. The van der Waals surface area contributed by atoms with Gasteiger partial charge in [0.15, 0.2) is 0 Å². The summed E-state index contributed by atoms with van der Waals surface area (Å²) >= 11 is 0. The van der Waals surface area contributed by atoms with E-state index in [1.807, 2.05) is 24.1 Å². The molecule has 2 aliphatic rings. The summed E-state index contributed by atoms with van der Waals surface area (Å²) in [5.74, 6) is 0.395. The van der Waals surface area contributed by atoms with E-state index in [0.717, 1.165) is 19.5 Å². The van der Waals surface area contributed by atoms with Gasteiger partial charge in [0.25, 0.3) is 0 Å². The van der Waals surface area contributed by atoms with Gasteiger partial charge in [-0.1, -0.05) is 24.3 Å². The van der Waals surface area contributed by atoms with Crippen molar-refractivity contribution in [2.45, 2.75) is 18.4 Å². The number of fused-ring (bicyclic) bond motifs is 1. The van der Waals surface area contributed by atoms with Gasteiger partial charge < -0.3 is 10.2 Å². The van der Waals surface area contributed by atoms with Crippen LogP contribution in [-0.4, -0.2) is 37.0 Å². The van der Waals surface area contributed by atoms with Crippen LogP contribution in [0.5, 0.6) is 0 Å². The highest BCUT2D eigenvalue weighted by Crippen LogP contribution is 2.36. The van der Waals surface area contributed by atoms with Crippen molar-refractivity contribution in [2.75, 3.05) is 20.1 Å². The number of hydrogen-bond acceptors (Lipinski definition) is 2. The van der Waals surface area contributed by atoms with Gasteiger partial charge in [0, 0.05) is 20.1 Å². The molecule has 1 atom stereocenters. The molecule has 1 aromatic carbocycles. The number of hydrogen-bond donors (Lipinski definition) is 1. The number of likely N-dealkylation sites (N-methyl/N-ethyl adjacent to an activating group) is 1. The Morgan fingerprint density at radius 1 is 1.38 bits per heavy atom. The number of nitrogens with zero attached hydrogens (tertiary/aromatic N) is 1. The Morgan fingerprint density at radius 3 is 2.75 bits per heavy atom. The van der Waals surface area contributed by atoms with E-state index < -0.39 is 0 Å². The normalized spacial score (nSPS) is 22.9. The van der Waals surface area contributed by atoms with Crippen LogP contribution in [0, 0.1) is 0 Å². The van der Waals surface area contributed by atoms with E-state index in [2.05, 4.69) is 17.4 Å². The molecule has 0 saturated carbocycles. The predicted molar refractivity (Wildman–Crippen MR) is 62.3 cm³/mol. The average Bonchev–Trinajstić information content (AvgIpc) is 2.17. The molecule has 0 radical (unpaired) electrons. The fraction of sp³-hybridized carbons (Fsp3) is 0.462. The molecular formula is C13H16N2O. The quantitative estimate of drug-likeness (QED) is 0.791. The summed E-state index contributed by atoms with van der Waals surface area (Å²) in [6.45, 7) is 1.88. The van der Waals surface area contributed by atoms with Crippen LogP contribution in [-0.2, 0) is 11.2 Å². The van der Waals surface area contributed by atoms with Crippen molar-refractivity contribution in [2.24, 2.45) is 0 Å². The molecule has 1 amide bonds. The molecule has 1 unspecified atom stereocenters. The van der Waals surface area contributed by atoms with Crippen LogP contribution in [0.1, 0.15) is 17.0 Å². The van der Waals surface area contributed by atoms with Crippen LogP contribution < -0.4 is 5.32 Å². The van der Waals surface area contributed by atoms with Crippen molar-refractivity contribution in [3.05, 3.63) is 35.4 Å². The smallest absolute Gasteiger partial charge is 0.230 e. The zero-order chi connectivity index (χ0) is 11.1. The maximum atomic E-state index is 12.2. The Kier molecular flexibility index (Phi) is 2.21. The van der Waals surface area contributed by atoms with E-state index >= 15 is 0 Å². The van der Waals surface area contributed by atoms with Gasteiger partial charge in [-0.05, 0) is 17.5 Å². The molecule has 16 heavy (non-hydrogen) atoms. The largest absolute Gasteiger partial charge is 0.340 e. The topological polar surface area (TPSA) is 32.3 Å². The summed E-state index contributed by atoms with van der Waals surface area (Å²) in [5.41, 5.74) is 2.56. The molecule has 1 heterocycles. The van der Waals surface area contributed by atoms with Crippen molar-refractivity contribution in [3.63, 3.8) is 0 Å². The molecule has 1 aromatic rings. The van der Waals surface area contributed by atoms with Gasteiger partial charge >= 0.3 is 0 Å². The molecule has 0 aromatic heterocycles. The van der Waals surface area contributed by atoms with Crippen molar-refractivity contribution in [3.8, 4) is 0 Å². The zero-order valence-corrected chi connectivity index (χ0v) is 9.44. The minimum absolute atomic E-state index is 0.113. The molecule has 1 fully saturated rings. The molecule has 3 rings (SSSR count). The minimum atomic E-state index is 0.113. The lowest BCUT2D eigenvalue weighted by Crippen LogP contribution is -2.58. The second kappa shape index (κ2) is 3.59. The highest BCUT2D eigenvalue weighted by Gasteiger charge is 2.36. The second-order valence-corrected chi connectivity index (χ2v) is 4.72. The summed E-state index contributed by atoms with van der Waals surface area (Å²) in [5, 5.41) is 3.20. The second-order valence-electron chi connectivity index (χ2n) is 4.72. The lowest BCUT2D eigenvalue weighted by molar-refractivity contribution is -0.135. The maximum absolute atomic E-state index is 12.2. The number of carbonyl (C=O) groups is 1. The number of rotatable bonds is 2. The van der Waals surface area contributed by atoms with Crippen LogP contribution in [0.3, 0.4) is 0 Å². The molecule has 1 N–H and O–H groups in total. The van der Waals surface area contributed by atoms with E-state index in [1.54, 1.807) is 0 Å². The Bertz CT molecular complexity index is 426. The lowest BCUT2D eigenvalue weighted by atomic mass is 9.76. The van der Waals surface area contributed by atoms with Crippen molar-refractivity contribution in [1.29, 1.82) is 0 Å². The van der Waals surface area contributed by atoms with E-state index in [4.69, 9.17) is 0 Å². The summed E-state index contributed by atoms with van der Waals surface area (Å²) in [4.78, 5) is 14.1. The van der Waals surface area contributed by atoms with Gasteiger partial charge in [-0.15, -0.1) is 0 Å². The first-order valence-corrected chi connectivity index (χ1v) is 5.82. The SMILES string of the molecule is CN(C(=O)C1Cc2ccccc21)C1CNC1. The highest BCUT2D eigenvalue weighted by molar-refractivity contribution is 5.87. The number of amides is 1. The molecule has 3 nitrogen and oxygen atoms in total. The minimum Gasteiger partial charge on any atom is -0.340 e. The van der Waals surface area contributed by atoms with E-state index in [0.29, 0.717) is 6.04 Å². The lowest BCUT2D eigenvalue weighted by Gasteiger charge is -2.40. The highest BCUT2D eigenvalue weighted by atomic mass is 16.2. The number of nitrogens with one attached hydrogen (secondary N) is 1. The Morgan fingerprint density at radius 2 is 2.12 bits per heavy atom. The van der Waals surface area contributed by atoms with E-state index in [9.17, 15) is 4.79 Å². The fourth-order valence-corrected chi connectivity index (χ4v) is 2.45. The van der Waals surface area contributed by atoms with Crippen molar-refractivity contribution >= 4 is 5.91 Å². The van der Waals surface area contributed by atoms with E-state index in [1.165, 1.54) is 11.1 Å². The fourth-order valence-electron chi connectivity index (χ4n) is 2.45. The summed E-state index contributed by atoms with van der Waals surface area (Å²) < 4.78 is 0. The van der Waals surface area contributed by atoms with Gasteiger partial charge in [0.1, 0.15) is 0 Å². The van der Waals surface area contributed by atoms with Crippen LogP contribution in [0.4, 0.5) is 0 Å². The van der Waals surface area contributed by atoms with Crippen LogP contribution >= 0.6 is 0 Å². The van der Waals surface area contributed by atoms with Crippen LogP contribution in [0.15, 0.2) is 24.3 Å². The van der Waals surface area contributed by atoms with Gasteiger partial charge in [-0.25, -0.2) is 0 Å². The third kappa shape index (κ3) is 1.35. The first kappa shape index (κ1) is 9.85. The van der Waals surface area contributed by atoms with Gasteiger partial charge in [-0.2, -0.15) is 0 Å². The molecule has 1 aliphatic heterocycles. The third-order valence-corrected chi connectivity index (χ3v) is 3.81. The molecule has 84 valence electrons. The van der Waals surface area contributed by atoms with Crippen molar-refractivity contribution < 1.29 is 4.79 Å². The first-order valence-electron chi connectivity index (χ1n) is 5.82. The first-order chi connectivity index (χ1) is 7.77. The maximum Gasteiger partial charge on any atom is 0.230 e. The van der Waals surface area contributed by atoms with Crippen LogP contribution in [0.25, 0.3) is 0 Å². The monoisotopic (exact) mass is 216 g/mol. The third-order valence-electron chi connectivity index (χ3n) is 3.81. The van der Waals surface area contributed by atoms with Crippen LogP contribution in [0.2, 0.25) is 0 Å².